The van der Waals surface area contributed by atoms with Crippen molar-refractivity contribution in [1.82, 2.24) is 10.2 Å². The predicted molar refractivity (Wildman–Crippen MR) is 124 cm³/mol. The van der Waals surface area contributed by atoms with Crippen LogP contribution in [-0.4, -0.2) is 36.6 Å². The molecule has 2 aliphatic heterocycles. The number of hydrogen-bond acceptors (Lipinski definition) is 4. The van der Waals surface area contributed by atoms with Gasteiger partial charge >= 0.3 is 0 Å². The number of nitrogens with zero attached hydrogens (tertiary/aromatic N) is 2. The Morgan fingerprint density at radius 3 is 2.57 bits per heavy atom. The zero-order chi connectivity index (χ0) is 20.5. The molecule has 1 unspecified atom stereocenters. The Kier molecular flexibility index (Phi) is 5.74. The molecule has 5 heteroatoms. The lowest BCUT2D eigenvalue weighted by Crippen LogP contribution is -2.45. The van der Waals surface area contributed by atoms with E-state index in [0.29, 0.717) is 12.1 Å². The molecule has 2 fully saturated rings. The highest BCUT2D eigenvalue weighted by atomic mass is 32.2. The third-order valence-corrected chi connectivity index (χ3v) is 7.96. The van der Waals surface area contributed by atoms with Gasteiger partial charge < -0.3 is 10.2 Å². The van der Waals surface area contributed by atoms with Gasteiger partial charge in [-0.05, 0) is 68.4 Å². The largest absolute Gasteiger partial charge is 0.352 e. The number of anilines is 2. The second-order valence-corrected chi connectivity index (χ2v) is 9.84. The highest BCUT2D eigenvalue weighted by molar-refractivity contribution is 7.99. The number of carbonyl (C=O) groups is 1. The fourth-order valence-corrected chi connectivity index (χ4v) is 5.98. The van der Waals surface area contributed by atoms with Gasteiger partial charge in [0.2, 0.25) is 0 Å². The van der Waals surface area contributed by atoms with Crippen LogP contribution in [0.3, 0.4) is 0 Å². The van der Waals surface area contributed by atoms with E-state index in [2.05, 4.69) is 58.4 Å². The van der Waals surface area contributed by atoms with E-state index in [4.69, 9.17) is 0 Å². The molecule has 4 nitrogen and oxygen atoms in total. The van der Waals surface area contributed by atoms with Gasteiger partial charge in [-0.15, -0.1) is 0 Å². The van der Waals surface area contributed by atoms with Crippen LogP contribution in [0.5, 0.6) is 0 Å². The molecule has 158 valence electrons. The van der Waals surface area contributed by atoms with Gasteiger partial charge in [-0.25, -0.2) is 0 Å². The van der Waals surface area contributed by atoms with Crippen LogP contribution in [0, 0.1) is 5.92 Å². The van der Waals surface area contributed by atoms with E-state index in [1.54, 1.807) is 0 Å². The number of para-hydroxylation sites is 1. The van der Waals surface area contributed by atoms with Crippen LogP contribution < -0.4 is 10.2 Å². The number of likely N-dealkylation sites (tertiary alicyclic amines) is 1. The summed E-state index contributed by atoms with van der Waals surface area (Å²) in [5.74, 6) is 0.730. The minimum atomic E-state index is 0.0581. The van der Waals surface area contributed by atoms with E-state index in [1.807, 2.05) is 17.8 Å². The molecule has 30 heavy (non-hydrogen) atoms. The molecule has 1 atom stereocenters. The Balaban J connectivity index is 1.49. The molecular formula is C25H31N3OS. The lowest BCUT2D eigenvalue weighted by molar-refractivity contribution is 0.0939. The first-order valence-corrected chi connectivity index (χ1v) is 12.3. The van der Waals surface area contributed by atoms with Crippen LogP contribution in [0.2, 0.25) is 0 Å². The minimum absolute atomic E-state index is 0.0581. The van der Waals surface area contributed by atoms with E-state index < -0.39 is 0 Å². The average Bonchev–Trinajstić information content (AvgIpc) is 3.27. The van der Waals surface area contributed by atoms with Crippen molar-refractivity contribution in [2.45, 2.75) is 61.4 Å². The standard InChI is InChI=1S/C25H31N3OS/c1-2-24(27-14-5-6-15-27)28-20-10-3-4-11-22(20)30-23-13-12-19(16-21(23)28)25(29)26-17-18-8-7-9-18/h3-4,10-13,16,18,24H,2,5-9,14-15,17H2,1H3,(H,26,29). The Morgan fingerprint density at radius 2 is 1.83 bits per heavy atom. The number of hydrogen-bond donors (Lipinski definition) is 1. The number of amides is 1. The van der Waals surface area contributed by atoms with Gasteiger partial charge in [0.25, 0.3) is 5.91 Å². The summed E-state index contributed by atoms with van der Waals surface area (Å²) in [4.78, 5) is 20.5. The quantitative estimate of drug-likeness (QED) is 0.654. The molecule has 0 spiro atoms. The molecule has 1 aliphatic carbocycles. The highest BCUT2D eigenvalue weighted by Gasteiger charge is 2.33. The summed E-state index contributed by atoms with van der Waals surface area (Å²) in [6, 6.07) is 14.9. The third kappa shape index (κ3) is 3.74. The molecule has 5 rings (SSSR count). The number of fused-ring (bicyclic) bond motifs is 2. The SMILES string of the molecule is CCC(N1CCCC1)N1c2ccccc2Sc2ccc(C(=O)NCC3CCC3)cc21. The lowest BCUT2D eigenvalue weighted by Gasteiger charge is -2.42. The van der Waals surface area contributed by atoms with Crippen molar-refractivity contribution in [2.24, 2.45) is 5.92 Å². The maximum Gasteiger partial charge on any atom is 0.251 e. The summed E-state index contributed by atoms with van der Waals surface area (Å²) in [6.45, 7) is 5.40. The highest BCUT2D eigenvalue weighted by Crippen LogP contribution is 2.50. The first-order chi connectivity index (χ1) is 14.7. The van der Waals surface area contributed by atoms with E-state index in [0.717, 1.165) is 31.6 Å². The van der Waals surface area contributed by atoms with Gasteiger partial charge in [0.05, 0.1) is 17.5 Å². The predicted octanol–water partition coefficient (Wildman–Crippen LogP) is 5.65. The Morgan fingerprint density at radius 1 is 1.07 bits per heavy atom. The van der Waals surface area contributed by atoms with Crippen LogP contribution in [0.25, 0.3) is 0 Å². The summed E-state index contributed by atoms with van der Waals surface area (Å²) in [7, 11) is 0. The smallest absolute Gasteiger partial charge is 0.251 e. The van der Waals surface area contributed by atoms with Gasteiger partial charge in [-0.1, -0.05) is 37.2 Å². The van der Waals surface area contributed by atoms with Crippen LogP contribution in [0.4, 0.5) is 11.4 Å². The van der Waals surface area contributed by atoms with Crippen molar-refractivity contribution in [2.75, 3.05) is 24.5 Å². The fraction of sp³-hybridized carbons (Fsp3) is 0.480. The summed E-state index contributed by atoms with van der Waals surface area (Å²) in [6.07, 6.45) is 7.73. The monoisotopic (exact) mass is 421 g/mol. The molecule has 0 aromatic heterocycles. The molecule has 2 heterocycles. The first-order valence-electron chi connectivity index (χ1n) is 11.5. The lowest BCUT2D eigenvalue weighted by atomic mass is 9.85. The molecule has 2 aromatic carbocycles. The Labute approximate surface area is 184 Å². The van der Waals surface area contributed by atoms with E-state index in [1.165, 1.54) is 53.3 Å². The molecular weight excluding hydrogens is 390 g/mol. The maximum atomic E-state index is 12.9. The van der Waals surface area contributed by atoms with E-state index in [-0.39, 0.29) is 5.91 Å². The van der Waals surface area contributed by atoms with Crippen LogP contribution in [0.15, 0.2) is 52.3 Å². The van der Waals surface area contributed by atoms with Crippen molar-refractivity contribution >= 4 is 29.0 Å². The van der Waals surface area contributed by atoms with Crippen molar-refractivity contribution in [3.63, 3.8) is 0 Å². The average molecular weight is 422 g/mol. The number of nitrogens with one attached hydrogen (secondary N) is 1. The second-order valence-electron chi connectivity index (χ2n) is 8.76. The van der Waals surface area contributed by atoms with Gasteiger partial charge in [0.1, 0.15) is 0 Å². The van der Waals surface area contributed by atoms with Crippen molar-refractivity contribution in [1.29, 1.82) is 0 Å². The van der Waals surface area contributed by atoms with Crippen molar-refractivity contribution in [3.8, 4) is 0 Å². The van der Waals surface area contributed by atoms with E-state index >= 15 is 0 Å². The zero-order valence-corrected chi connectivity index (χ0v) is 18.6. The van der Waals surface area contributed by atoms with Crippen molar-refractivity contribution < 1.29 is 4.79 Å². The zero-order valence-electron chi connectivity index (χ0n) is 17.8. The van der Waals surface area contributed by atoms with Gasteiger partial charge in [-0.2, -0.15) is 0 Å². The fourth-order valence-electron chi connectivity index (χ4n) is 4.92. The summed E-state index contributed by atoms with van der Waals surface area (Å²) < 4.78 is 0. The third-order valence-electron chi connectivity index (χ3n) is 6.83. The Hall–Kier alpha value is -1.98. The molecule has 2 aromatic rings. The Bertz CT molecular complexity index is 920. The first kappa shape index (κ1) is 20.0. The van der Waals surface area contributed by atoms with Crippen molar-refractivity contribution in [3.05, 3.63) is 48.0 Å². The van der Waals surface area contributed by atoms with Gasteiger partial charge in [0.15, 0.2) is 0 Å². The minimum Gasteiger partial charge on any atom is -0.352 e. The molecule has 1 saturated heterocycles. The number of carbonyl (C=O) groups excluding carboxylic acids is 1. The molecule has 1 amide bonds. The van der Waals surface area contributed by atoms with Gasteiger partial charge in [0, 0.05) is 35.0 Å². The van der Waals surface area contributed by atoms with E-state index in [9.17, 15) is 4.79 Å². The summed E-state index contributed by atoms with van der Waals surface area (Å²) in [5.41, 5.74) is 3.21. The number of benzene rings is 2. The molecule has 1 N–H and O–H groups in total. The normalized spacial score (nSPS) is 19.7. The van der Waals surface area contributed by atoms with Crippen LogP contribution >= 0.6 is 11.8 Å². The summed E-state index contributed by atoms with van der Waals surface area (Å²) >= 11 is 1.82. The molecule has 0 bridgehead atoms. The van der Waals surface area contributed by atoms with Crippen LogP contribution in [-0.2, 0) is 0 Å². The van der Waals surface area contributed by atoms with Gasteiger partial charge in [-0.3, -0.25) is 9.69 Å². The molecule has 0 radical (unpaired) electrons. The topological polar surface area (TPSA) is 35.6 Å². The van der Waals surface area contributed by atoms with Crippen LogP contribution in [0.1, 0.15) is 55.8 Å². The maximum absolute atomic E-state index is 12.9. The second kappa shape index (κ2) is 8.64. The molecule has 1 saturated carbocycles. The number of rotatable bonds is 6. The molecule has 3 aliphatic rings. The summed E-state index contributed by atoms with van der Waals surface area (Å²) in [5, 5.41) is 3.17.